The zero-order valence-corrected chi connectivity index (χ0v) is 19.6. The van der Waals surface area contributed by atoms with Gasteiger partial charge in [-0.1, -0.05) is 12.8 Å². The van der Waals surface area contributed by atoms with Crippen LogP contribution in [-0.2, 0) is 14.4 Å². The molecule has 3 unspecified atom stereocenters. The van der Waals surface area contributed by atoms with Crippen molar-refractivity contribution in [3.05, 3.63) is 0 Å². The van der Waals surface area contributed by atoms with Crippen molar-refractivity contribution in [3.8, 4) is 0 Å². The number of fused-ring (bicyclic) bond motifs is 1. The standard InChI is InChI=1S/C21H38N6O4S/c22-27-19(30)11-5-7-13-24-17(28)9-2-1-6-12-23-18(29)10-4-3-8-16-20-15(14-32-16)25-21(31)26-20/h15-16,20H,1-14,22H2,(H,23,29)(H,24,28)(H,27,30)(H2,25,26,31). The van der Waals surface area contributed by atoms with Gasteiger partial charge in [0.25, 0.3) is 0 Å². The SMILES string of the molecule is NNC(=O)CCCCNC(=O)CCCCCNC(=O)CCCCC1SCC2NC(=O)NC21. The summed E-state index contributed by atoms with van der Waals surface area (Å²) in [6.07, 6.45) is 8.25. The van der Waals surface area contributed by atoms with Crippen molar-refractivity contribution in [1.82, 2.24) is 26.7 Å². The summed E-state index contributed by atoms with van der Waals surface area (Å²) in [6, 6.07) is 0.423. The van der Waals surface area contributed by atoms with Crippen molar-refractivity contribution in [1.29, 1.82) is 0 Å². The average Bonchev–Trinajstić information content (AvgIpc) is 3.32. The minimum absolute atomic E-state index is 0.0250. The van der Waals surface area contributed by atoms with E-state index in [-0.39, 0.29) is 35.8 Å². The highest BCUT2D eigenvalue weighted by atomic mass is 32.2. The van der Waals surface area contributed by atoms with Crippen molar-refractivity contribution in [2.75, 3.05) is 18.8 Å². The van der Waals surface area contributed by atoms with Crippen LogP contribution in [0.4, 0.5) is 4.79 Å². The topological polar surface area (TPSA) is 154 Å². The number of nitrogens with one attached hydrogen (secondary N) is 5. The summed E-state index contributed by atoms with van der Waals surface area (Å²) in [5.74, 6) is 5.88. The number of carbonyl (C=O) groups excluding carboxylic acids is 4. The minimum Gasteiger partial charge on any atom is -0.356 e. The summed E-state index contributed by atoms with van der Waals surface area (Å²) in [5, 5.41) is 12.2. The van der Waals surface area contributed by atoms with E-state index in [1.165, 1.54) is 0 Å². The molecule has 0 aromatic heterocycles. The van der Waals surface area contributed by atoms with Crippen LogP contribution in [0.5, 0.6) is 0 Å². The van der Waals surface area contributed by atoms with E-state index in [1.54, 1.807) is 0 Å². The Balaban J connectivity index is 1.36. The Morgan fingerprint density at radius 1 is 0.844 bits per heavy atom. The Morgan fingerprint density at radius 3 is 2.12 bits per heavy atom. The average molecular weight is 471 g/mol. The lowest BCUT2D eigenvalue weighted by atomic mass is 10.0. The zero-order chi connectivity index (χ0) is 23.2. The summed E-state index contributed by atoms with van der Waals surface area (Å²) in [6.45, 7) is 1.21. The van der Waals surface area contributed by atoms with Crippen molar-refractivity contribution in [2.24, 2.45) is 5.84 Å². The van der Waals surface area contributed by atoms with Gasteiger partial charge in [-0.2, -0.15) is 11.8 Å². The quantitative estimate of drug-likeness (QED) is 0.0640. The highest BCUT2D eigenvalue weighted by Crippen LogP contribution is 2.33. The maximum Gasteiger partial charge on any atom is 0.315 e. The Hall–Kier alpha value is -2.01. The Kier molecular flexibility index (Phi) is 12.3. The van der Waals surface area contributed by atoms with Gasteiger partial charge in [0.05, 0.1) is 12.1 Å². The fourth-order valence-electron chi connectivity index (χ4n) is 3.98. The van der Waals surface area contributed by atoms with E-state index >= 15 is 0 Å². The third-order valence-electron chi connectivity index (χ3n) is 5.80. The molecule has 0 saturated carbocycles. The lowest BCUT2D eigenvalue weighted by Crippen LogP contribution is -2.36. The van der Waals surface area contributed by atoms with Gasteiger partial charge in [0, 0.05) is 43.4 Å². The van der Waals surface area contributed by atoms with Crippen LogP contribution in [0.3, 0.4) is 0 Å². The van der Waals surface area contributed by atoms with E-state index in [4.69, 9.17) is 5.84 Å². The molecule has 7 N–H and O–H groups in total. The van der Waals surface area contributed by atoms with Crippen LogP contribution in [0.1, 0.15) is 70.6 Å². The molecule has 2 aliphatic heterocycles. The van der Waals surface area contributed by atoms with Gasteiger partial charge in [-0.15, -0.1) is 0 Å². The molecule has 0 aromatic carbocycles. The first kappa shape index (κ1) is 26.2. The predicted molar refractivity (Wildman–Crippen MR) is 125 cm³/mol. The molecule has 0 aliphatic carbocycles. The van der Waals surface area contributed by atoms with Crippen LogP contribution in [-0.4, -0.2) is 59.9 Å². The van der Waals surface area contributed by atoms with Gasteiger partial charge < -0.3 is 21.3 Å². The molecule has 0 spiro atoms. The molecule has 2 saturated heterocycles. The maximum absolute atomic E-state index is 12.0. The lowest BCUT2D eigenvalue weighted by molar-refractivity contribution is -0.122. The zero-order valence-electron chi connectivity index (χ0n) is 18.8. The molecule has 3 atom stereocenters. The number of amides is 5. The van der Waals surface area contributed by atoms with E-state index in [0.717, 1.165) is 50.7 Å². The fraction of sp³-hybridized carbons (Fsp3) is 0.810. The molecule has 11 heteroatoms. The Labute approximate surface area is 194 Å². The number of carbonyl (C=O) groups is 4. The molecule has 32 heavy (non-hydrogen) atoms. The van der Waals surface area contributed by atoms with Crippen molar-refractivity contribution in [3.63, 3.8) is 0 Å². The summed E-state index contributed by atoms with van der Waals surface area (Å²) in [7, 11) is 0. The van der Waals surface area contributed by atoms with Crippen LogP contribution in [0.25, 0.3) is 0 Å². The molecular weight excluding hydrogens is 432 g/mol. The largest absolute Gasteiger partial charge is 0.356 e. The van der Waals surface area contributed by atoms with E-state index in [9.17, 15) is 19.2 Å². The number of nitrogens with two attached hydrogens (primary N) is 1. The monoisotopic (exact) mass is 470 g/mol. The molecule has 2 aliphatic rings. The van der Waals surface area contributed by atoms with Gasteiger partial charge in [0.2, 0.25) is 17.7 Å². The molecule has 2 fully saturated rings. The molecule has 2 heterocycles. The second-order valence-corrected chi connectivity index (χ2v) is 9.67. The first-order valence-corrected chi connectivity index (χ1v) is 12.8. The highest BCUT2D eigenvalue weighted by Gasteiger charge is 2.42. The van der Waals surface area contributed by atoms with Crippen LogP contribution in [0.15, 0.2) is 0 Å². The molecule has 5 amide bonds. The number of hydrazine groups is 1. The minimum atomic E-state index is -0.192. The van der Waals surface area contributed by atoms with Crippen molar-refractivity contribution in [2.45, 2.75) is 88.0 Å². The van der Waals surface area contributed by atoms with Gasteiger partial charge in [-0.3, -0.25) is 19.8 Å². The Bertz CT molecular complexity index is 635. The maximum atomic E-state index is 12.0. The Morgan fingerprint density at radius 2 is 1.44 bits per heavy atom. The van der Waals surface area contributed by atoms with E-state index < -0.39 is 0 Å². The molecule has 0 aromatic rings. The van der Waals surface area contributed by atoms with Gasteiger partial charge in [-0.05, 0) is 38.5 Å². The normalized spacial score (nSPS) is 21.4. The molecule has 0 bridgehead atoms. The first-order chi connectivity index (χ1) is 15.5. The summed E-state index contributed by atoms with van der Waals surface area (Å²) >= 11 is 1.90. The van der Waals surface area contributed by atoms with E-state index in [2.05, 4.69) is 26.7 Å². The number of hydrogen-bond acceptors (Lipinski definition) is 6. The van der Waals surface area contributed by atoms with Gasteiger partial charge in [0.1, 0.15) is 0 Å². The first-order valence-electron chi connectivity index (χ1n) is 11.7. The molecular formula is C21H38N6O4S. The molecule has 2 rings (SSSR count). The number of unbranched alkanes of at least 4 members (excludes halogenated alkanes) is 4. The lowest BCUT2D eigenvalue weighted by Gasteiger charge is -2.16. The van der Waals surface area contributed by atoms with Crippen LogP contribution < -0.4 is 32.5 Å². The van der Waals surface area contributed by atoms with Crippen molar-refractivity contribution < 1.29 is 19.2 Å². The van der Waals surface area contributed by atoms with Crippen molar-refractivity contribution >= 4 is 35.5 Å². The van der Waals surface area contributed by atoms with Crippen LogP contribution in [0, 0.1) is 0 Å². The number of urea groups is 1. The second kappa shape index (κ2) is 14.9. The fourth-order valence-corrected chi connectivity index (χ4v) is 5.52. The van der Waals surface area contributed by atoms with Gasteiger partial charge in [-0.25, -0.2) is 10.6 Å². The van der Waals surface area contributed by atoms with Gasteiger partial charge in [0.15, 0.2) is 0 Å². The smallest absolute Gasteiger partial charge is 0.315 e. The van der Waals surface area contributed by atoms with Crippen LogP contribution >= 0.6 is 11.8 Å². The van der Waals surface area contributed by atoms with Crippen LogP contribution in [0.2, 0.25) is 0 Å². The van der Waals surface area contributed by atoms with E-state index in [1.807, 2.05) is 11.8 Å². The number of hydrogen-bond donors (Lipinski definition) is 6. The third kappa shape index (κ3) is 10.1. The molecule has 0 radical (unpaired) electrons. The third-order valence-corrected chi connectivity index (χ3v) is 7.31. The summed E-state index contributed by atoms with van der Waals surface area (Å²) in [4.78, 5) is 46.1. The summed E-state index contributed by atoms with van der Waals surface area (Å²) < 4.78 is 0. The predicted octanol–water partition coefficient (Wildman–Crippen LogP) is 0.665. The summed E-state index contributed by atoms with van der Waals surface area (Å²) in [5.41, 5.74) is 2.08. The van der Waals surface area contributed by atoms with E-state index in [0.29, 0.717) is 44.0 Å². The molecule has 10 nitrogen and oxygen atoms in total. The number of thioether (sulfide) groups is 1. The second-order valence-electron chi connectivity index (χ2n) is 8.40. The highest BCUT2D eigenvalue weighted by molar-refractivity contribution is 8.00. The van der Waals surface area contributed by atoms with Gasteiger partial charge >= 0.3 is 6.03 Å². The molecule has 182 valence electrons. The number of rotatable bonds is 16.